The largest absolute Gasteiger partial charge is 0.433 e. The molecule has 0 unspecified atom stereocenters. The maximum absolute atomic E-state index is 12.0. The van der Waals surface area contributed by atoms with Crippen LogP contribution in [0, 0.1) is 11.3 Å². The molecule has 1 aromatic carbocycles. The third kappa shape index (κ3) is 2.66. The van der Waals surface area contributed by atoms with Crippen LogP contribution in [0.1, 0.15) is 30.9 Å². The lowest BCUT2D eigenvalue weighted by Gasteiger charge is -2.12. The van der Waals surface area contributed by atoms with Gasteiger partial charge in [0, 0.05) is 0 Å². The van der Waals surface area contributed by atoms with E-state index in [1.165, 1.54) is 6.07 Å². The second kappa shape index (κ2) is 4.74. The summed E-state index contributed by atoms with van der Waals surface area (Å²) in [4.78, 5) is 0. The van der Waals surface area contributed by atoms with Crippen molar-refractivity contribution in [3.05, 3.63) is 29.3 Å². The van der Waals surface area contributed by atoms with Crippen molar-refractivity contribution < 1.29 is 13.5 Å². The lowest BCUT2D eigenvalue weighted by Crippen LogP contribution is -2.05. The molecule has 15 heavy (non-hydrogen) atoms. The quantitative estimate of drug-likeness (QED) is 0.768. The van der Waals surface area contributed by atoms with Crippen LogP contribution in [0.2, 0.25) is 0 Å². The van der Waals surface area contributed by atoms with Crippen molar-refractivity contribution in [2.45, 2.75) is 26.4 Å². The highest BCUT2D eigenvalue weighted by atomic mass is 19.3. The highest BCUT2D eigenvalue weighted by Gasteiger charge is 2.14. The Morgan fingerprint density at radius 2 is 2.00 bits per heavy atom. The van der Waals surface area contributed by atoms with Crippen molar-refractivity contribution in [1.82, 2.24) is 0 Å². The smallest absolute Gasteiger partial charge is 0.387 e. The molecule has 1 rings (SSSR count). The third-order valence-electron chi connectivity index (χ3n) is 2.01. The van der Waals surface area contributed by atoms with Crippen molar-refractivity contribution in [2.24, 2.45) is 0 Å². The van der Waals surface area contributed by atoms with Crippen LogP contribution in [0.4, 0.5) is 8.78 Å². The molecule has 0 aliphatic carbocycles. The summed E-state index contributed by atoms with van der Waals surface area (Å²) in [7, 11) is 0. The van der Waals surface area contributed by atoms with Crippen LogP contribution in [-0.4, -0.2) is 6.61 Å². The van der Waals surface area contributed by atoms with E-state index in [-0.39, 0.29) is 17.2 Å². The summed E-state index contributed by atoms with van der Waals surface area (Å²) < 4.78 is 28.3. The van der Waals surface area contributed by atoms with Crippen molar-refractivity contribution >= 4 is 0 Å². The van der Waals surface area contributed by atoms with E-state index in [9.17, 15) is 8.78 Å². The molecule has 2 nitrogen and oxygen atoms in total. The van der Waals surface area contributed by atoms with Gasteiger partial charge in [-0.25, -0.2) is 0 Å². The van der Waals surface area contributed by atoms with Crippen LogP contribution in [0.3, 0.4) is 0 Å². The van der Waals surface area contributed by atoms with Gasteiger partial charge in [-0.2, -0.15) is 14.0 Å². The molecule has 0 radical (unpaired) electrons. The minimum atomic E-state index is -2.90. The Bertz CT molecular complexity index is 383. The van der Waals surface area contributed by atoms with E-state index in [2.05, 4.69) is 4.74 Å². The SMILES string of the molecule is CC(C)c1cccc(OC(F)F)c1C#N. The van der Waals surface area contributed by atoms with Gasteiger partial charge in [0.25, 0.3) is 0 Å². The Labute approximate surface area is 87.1 Å². The monoisotopic (exact) mass is 211 g/mol. The molecule has 0 atom stereocenters. The summed E-state index contributed by atoms with van der Waals surface area (Å²) in [6.07, 6.45) is 0. The van der Waals surface area contributed by atoms with Crippen LogP contribution < -0.4 is 4.74 Å². The number of halogens is 2. The highest BCUT2D eigenvalue weighted by Crippen LogP contribution is 2.28. The van der Waals surface area contributed by atoms with Gasteiger partial charge in [0.2, 0.25) is 0 Å². The van der Waals surface area contributed by atoms with E-state index in [4.69, 9.17) is 5.26 Å². The zero-order valence-electron chi connectivity index (χ0n) is 8.50. The standard InChI is InChI=1S/C11H11F2NO/c1-7(2)8-4-3-5-10(9(8)6-14)15-11(12)13/h3-5,7,11H,1-2H3. The van der Waals surface area contributed by atoms with Crippen LogP contribution in [0.15, 0.2) is 18.2 Å². The number of nitriles is 1. The first-order chi connectivity index (χ1) is 7.06. The summed E-state index contributed by atoms with van der Waals surface area (Å²) >= 11 is 0. The van der Waals surface area contributed by atoms with Gasteiger partial charge in [0.15, 0.2) is 0 Å². The number of hydrogen-bond donors (Lipinski definition) is 0. The average molecular weight is 211 g/mol. The maximum Gasteiger partial charge on any atom is 0.387 e. The zero-order valence-corrected chi connectivity index (χ0v) is 8.50. The Morgan fingerprint density at radius 1 is 1.33 bits per heavy atom. The predicted octanol–water partition coefficient (Wildman–Crippen LogP) is 3.28. The fraction of sp³-hybridized carbons (Fsp3) is 0.364. The maximum atomic E-state index is 12.0. The van der Waals surface area contributed by atoms with Crippen LogP contribution >= 0.6 is 0 Å². The molecule has 0 heterocycles. The normalized spacial score (nSPS) is 10.5. The first kappa shape index (κ1) is 11.4. The fourth-order valence-corrected chi connectivity index (χ4v) is 1.34. The molecular formula is C11H11F2NO. The van der Waals surface area contributed by atoms with Crippen LogP contribution in [-0.2, 0) is 0 Å². The minimum absolute atomic E-state index is 0.0568. The molecule has 1 aromatic rings. The Hall–Kier alpha value is -1.63. The summed E-state index contributed by atoms with van der Waals surface area (Å²) in [5, 5.41) is 8.89. The van der Waals surface area contributed by atoms with E-state index in [1.807, 2.05) is 19.9 Å². The van der Waals surface area contributed by atoms with Gasteiger partial charge in [0.05, 0.1) is 5.56 Å². The number of rotatable bonds is 3. The van der Waals surface area contributed by atoms with E-state index in [0.717, 1.165) is 5.56 Å². The number of ether oxygens (including phenoxy) is 1. The molecule has 0 aliphatic rings. The number of hydrogen-bond acceptors (Lipinski definition) is 2. The molecule has 0 bridgehead atoms. The van der Waals surface area contributed by atoms with E-state index in [0.29, 0.717) is 0 Å². The molecule has 0 spiro atoms. The molecule has 4 heteroatoms. The summed E-state index contributed by atoms with van der Waals surface area (Å²) in [6, 6.07) is 6.61. The molecule has 0 saturated heterocycles. The van der Waals surface area contributed by atoms with Gasteiger partial charge < -0.3 is 4.74 Å². The Balaban J connectivity index is 3.18. The first-order valence-electron chi connectivity index (χ1n) is 4.54. The van der Waals surface area contributed by atoms with Gasteiger partial charge in [-0.1, -0.05) is 26.0 Å². The van der Waals surface area contributed by atoms with Crippen molar-refractivity contribution in [1.29, 1.82) is 5.26 Å². The summed E-state index contributed by atoms with van der Waals surface area (Å²) in [5.41, 5.74) is 0.906. The van der Waals surface area contributed by atoms with Crippen molar-refractivity contribution in [2.75, 3.05) is 0 Å². The van der Waals surface area contributed by atoms with E-state index in [1.54, 1.807) is 12.1 Å². The van der Waals surface area contributed by atoms with Crippen LogP contribution in [0.5, 0.6) is 5.75 Å². The zero-order chi connectivity index (χ0) is 11.4. The average Bonchev–Trinajstić information content (AvgIpc) is 2.16. The molecule has 0 aliphatic heterocycles. The van der Waals surface area contributed by atoms with Gasteiger partial charge >= 0.3 is 6.61 Å². The molecule has 0 fully saturated rings. The highest BCUT2D eigenvalue weighted by molar-refractivity contribution is 5.49. The lowest BCUT2D eigenvalue weighted by molar-refractivity contribution is -0.0500. The Kier molecular flexibility index (Phi) is 3.62. The van der Waals surface area contributed by atoms with Crippen molar-refractivity contribution in [3.8, 4) is 11.8 Å². The lowest BCUT2D eigenvalue weighted by atomic mass is 9.97. The topological polar surface area (TPSA) is 33.0 Å². The molecule has 0 amide bonds. The van der Waals surface area contributed by atoms with Gasteiger partial charge in [0.1, 0.15) is 11.8 Å². The van der Waals surface area contributed by atoms with E-state index < -0.39 is 6.61 Å². The second-order valence-corrected chi connectivity index (χ2v) is 3.37. The van der Waals surface area contributed by atoms with Gasteiger partial charge in [-0.15, -0.1) is 0 Å². The van der Waals surface area contributed by atoms with Crippen LogP contribution in [0.25, 0.3) is 0 Å². The van der Waals surface area contributed by atoms with Gasteiger partial charge in [-0.05, 0) is 17.5 Å². The summed E-state index contributed by atoms with van der Waals surface area (Å²) in [5.74, 6) is 0.0413. The molecule has 0 saturated carbocycles. The predicted molar refractivity (Wildman–Crippen MR) is 51.9 cm³/mol. The number of alkyl halides is 2. The Morgan fingerprint density at radius 3 is 2.47 bits per heavy atom. The molecule has 0 N–H and O–H groups in total. The molecular weight excluding hydrogens is 200 g/mol. The van der Waals surface area contributed by atoms with Crippen molar-refractivity contribution in [3.63, 3.8) is 0 Å². The number of nitrogens with zero attached hydrogens (tertiary/aromatic N) is 1. The second-order valence-electron chi connectivity index (χ2n) is 3.37. The minimum Gasteiger partial charge on any atom is -0.433 e. The van der Waals surface area contributed by atoms with Gasteiger partial charge in [-0.3, -0.25) is 0 Å². The number of benzene rings is 1. The summed E-state index contributed by atoms with van der Waals surface area (Å²) in [6.45, 7) is 0.879. The molecule has 80 valence electrons. The first-order valence-corrected chi connectivity index (χ1v) is 4.54. The molecule has 0 aromatic heterocycles. The third-order valence-corrected chi connectivity index (χ3v) is 2.01. The fourth-order valence-electron chi connectivity index (χ4n) is 1.34. The van der Waals surface area contributed by atoms with E-state index >= 15 is 0 Å².